The first kappa shape index (κ1) is 18.3. The number of piperidine rings is 2. The van der Waals surface area contributed by atoms with Crippen molar-refractivity contribution in [3.8, 4) is 0 Å². The molecule has 0 saturated carbocycles. The molecule has 2 amide bonds. The fraction of sp³-hybridized carbons (Fsp3) is 0.833. The van der Waals surface area contributed by atoms with Gasteiger partial charge in [-0.3, -0.25) is 14.5 Å². The van der Waals surface area contributed by atoms with Crippen LogP contribution in [0.25, 0.3) is 0 Å². The van der Waals surface area contributed by atoms with Gasteiger partial charge in [-0.15, -0.1) is 10.2 Å². The first-order valence-electron chi connectivity index (χ1n) is 10.2. The van der Waals surface area contributed by atoms with Crippen LogP contribution in [0.5, 0.6) is 0 Å². The van der Waals surface area contributed by atoms with Crippen LogP contribution in [0.2, 0.25) is 0 Å². The number of carbonyl (C=O) groups is 2. The van der Waals surface area contributed by atoms with E-state index in [-0.39, 0.29) is 18.4 Å². The molecule has 9 nitrogen and oxygen atoms in total. The number of tetrazole rings is 1. The molecule has 0 N–H and O–H groups in total. The van der Waals surface area contributed by atoms with Crippen molar-refractivity contribution in [3.05, 3.63) is 6.33 Å². The lowest BCUT2D eigenvalue weighted by Gasteiger charge is -2.42. The van der Waals surface area contributed by atoms with Crippen molar-refractivity contribution >= 4 is 11.8 Å². The maximum Gasteiger partial charge on any atom is 0.246 e. The van der Waals surface area contributed by atoms with Gasteiger partial charge >= 0.3 is 0 Å². The summed E-state index contributed by atoms with van der Waals surface area (Å²) >= 11 is 0. The van der Waals surface area contributed by atoms with Gasteiger partial charge in [0.2, 0.25) is 11.8 Å². The van der Waals surface area contributed by atoms with Gasteiger partial charge in [0.05, 0.1) is 5.92 Å². The van der Waals surface area contributed by atoms with Crippen LogP contribution >= 0.6 is 0 Å². The quantitative estimate of drug-likeness (QED) is 0.736. The SMILES string of the molecule is O=C(Cn1ncnn1)N1CCC(N2CCC[C@@H](C(=O)N3CCCC3)C2)CC1. The van der Waals surface area contributed by atoms with E-state index in [1.807, 2.05) is 4.90 Å². The second kappa shape index (κ2) is 8.33. The third kappa shape index (κ3) is 4.28. The smallest absolute Gasteiger partial charge is 0.246 e. The Morgan fingerprint density at radius 2 is 1.70 bits per heavy atom. The van der Waals surface area contributed by atoms with Crippen LogP contribution in [0.3, 0.4) is 0 Å². The molecule has 3 fully saturated rings. The second-order valence-corrected chi connectivity index (χ2v) is 7.94. The maximum absolute atomic E-state index is 12.7. The largest absolute Gasteiger partial charge is 0.342 e. The summed E-state index contributed by atoms with van der Waals surface area (Å²) < 4.78 is 0. The molecule has 3 aliphatic rings. The Morgan fingerprint density at radius 1 is 0.926 bits per heavy atom. The summed E-state index contributed by atoms with van der Waals surface area (Å²) in [7, 11) is 0. The lowest BCUT2D eigenvalue weighted by molar-refractivity contribution is -0.137. The first-order valence-corrected chi connectivity index (χ1v) is 10.2. The lowest BCUT2D eigenvalue weighted by Crippen LogP contribution is -2.52. The molecule has 1 aromatic rings. The van der Waals surface area contributed by atoms with E-state index in [0.717, 1.165) is 77.8 Å². The number of amides is 2. The van der Waals surface area contributed by atoms with Crippen molar-refractivity contribution in [1.82, 2.24) is 34.9 Å². The highest BCUT2D eigenvalue weighted by molar-refractivity contribution is 5.79. The van der Waals surface area contributed by atoms with E-state index in [9.17, 15) is 9.59 Å². The highest BCUT2D eigenvalue weighted by Crippen LogP contribution is 2.26. The van der Waals surface area contributed by atoms with Gasteiger partial charge in [0.15, 0.2) is 6.33 Å². The van der Waals surface area contributed by atoms with E-state index >= 15 is 0 Å². The number of rotatable bonds is 4. The van der Waals surface area contributed by atoms with E-state index in [4.69, 9.17) is 0 Å². The van der Waals surface area contributed by atoms with Crippen LogP contribution in [0.15, 0.2) is 6.33 Å². The zero-order chi connectivity index (χ0) is 18.6. The molecule has 1 atom stereocenters. The van der Waals surface area contributed by atoms with Crippen molar-refractivity contribution in [2.24, 2.45) is 5.92 Å². The fourth-order valence-electron chi connectivity index (χ4n) is 4.70. The Labute approximate surface area is 159 Å². The van der Waals surface area contributed by atoms with E-state index in [1.54, 1.807) is 0 Å². The molecule has 0 unspecified atom stereocenters. The molecule has 148 valence electrons. The molecule has 0 bridgehead atoms. The molecule has 1 aromatic heterocycles. The van der Waals surface area contributed by atoms with Gasteiger partial charge < -0.3 is 9.80 Å². The minimum atomic E-state index is 0.0483. The van der Waals surface area contributed by atoms with Crippen LogP contribution in [-0.4, -0.2) is 92.0 Å². The molecule has 3 aliphatic heterocycles. The average molecular weight is 375 g/mol. The molecule has 0 spiro atoms. The Kier molecular flexibility index (Phi) is 5.66. The van der Waals surface area contributed by atoms with Crippen molar-refractivity contribution in [2.45, 2.75) is 51.1 Å². The molecule has 3 saturated heterocycles. The zero-order valence-electron chi connectivity index (χ0n) is 15.9. The van der Waals surface area contributed by atoms with Gasteiger partial charge in [0, 0.05) is 38.8 Å². The lowest BCUT2D eigenvalue weighted by atomic mass is 9.93. The van der Waals surface area contributed by atoms with Crippen LogP contribution in [0.1, 0.15) is 38.5 Å². The average Bonchev–Trinajstić information content (AvgIpc) is 3.42. The molecule has 4 rings (SSSR count). The Balaban J connectivity index is 1.26. The zero-order valence-corrected chi connectivity index (χ0v) is 15.9. The third-order valence-electron chi connectivity index (χ3n) is 6.22. The summed E-state index contributed by atoms with van der Waals surface area (Å²) in [5.41, 5.74) is 0. The summed E-state index contributed by atoms with van der Waals surface area (Å²) in [5, 5.41) is 11.3. The molecule has 0 aliphatic carbocycles. The van der Waals surface area contributed by atoms with Crippen LogP contribution in [0, 0.1) is 5.92 Å². The van der Waals surface area contributed by atoms with Gasteiger partial charge in [-0.2, -0.15) is 4.80 Å². The van der Waals surface area contributed by atoms with E-state index in [0.29, 0.717) is 11.9 Å². The molecule has 27 heavy (non-hydrogen) atoms. The normalized spacial score (nSPS) is 25.1. The molecule has 0 aromatic carbocycles. The number of aromatic nitrogens is 4. The van der Waals surface area contributed by atoms with Crippen molar-refractivity contribution in [3.63, 3.8) is 0 Å². The van der Waals surface area contributed by atoms with Crippen molar-refractivity contribution in [2.75, 3.05) is 39.3 Å². The number of hydrogen-bond acceptors (Lipinski definition) is 6. The predicted octanol–water partition coefficient (Wildman–Crippen LogP) is -0.00150. The maximum atomic E-state index is 12.7. The number of hydrogen-bond donors (Lipinski definition) is 0. The van der Waals surface area contributed by atoms with Gasteiger partial charge in [-0.05, 0) is 50.3 Å². The monoisotopic (exact) mass is 375 g/mol. The van der Waals surface area contributed by atoms with Crippen molar-refractivity contribution < 1.29 is 9.59 Å². The van der Waals surface area contributed by atoms with Gasteiger partial charge in [-0.1, -0.05) is 0 Å². The van der Waals surface area contributed by atoms with Gasteiger partial charge in [0.25, 0.3) is 0 Å². The molecular formula is C18H29N7O2. The molecular weight excluding hydrogens is 346 g/mol. The Bertz CT molecular complexity index is 636. The summed E-state index contributed by atoms with van der Waals surface area (Å²) in [5.74, 6) is 0.576. The molecule has 9 heteroatoms. The van der Waals surface area contributed by atoms with Crippen LogP contribution in [-0.2, 0) is 16.1 Å². The Morgan fingerprint density at radius 3 is 2.41 bits per heavy atom. The predicted molar refractivity (Wildman–Crippen MR) is 97.5 cm³/mol. The minimum absolute atomic E-state index is 0.0483. The third-order valence-corrected chi connectivity index (χ3v) is 6.22. The first-order chi connectivity index (χ1) is 13.2. The second-order valence-electron chi connectivity index (χ2n) is 7.94. The van der Waals surface area contributed by atoms with E-state index < -0.39 is 0 Å². The van der Waals surface area contributed by atoms with Crippen LogP contribution in [0.4, 0.5) is 0 Å². The summed E-state index contributed by atoms with van der Waals surface area (Å²) in [6.45, 7) is 5.52. The molecule has 4 heterocycles. The number of likely N-dealkylation sites (tertiary alicyclic amines) is 3. The highest BCUT2D eigenvalue weighted by Gasteiger charge is 2.34. The topological polar surface area (TPSA) is 87.5 Å². The summed E-state index contributed by atoms with van der Waals surface area (Å²) in [4.78, 5) is 32.9. The number of carbonyl (C=O) groups excluding carboxylic acids is 2. The summed E-state index contributed by atoms with van der Waals surface area (Å²) in [6.07, 6.45) is 7.71. The Hall–Kier alpha value is -2.03. The molecule has 0 radical (unpaired) electrons. The minimum Gasteiger partial charge on any atom is -0.342 e. The van der Waals surface area contributed by atoms with Crippen molar-refractivity contribution in [1.29, 1.82) is 0 Å². The summed E-state index contributed by atoms with van der Waals surface area (Å²) in [6, 6.07) is 0.479. The highest BCUT2D eigenvalue weighted by atomic mass is 16.2. The number of nitrogens with zero attached hydrogens (tertiary/aromatic N) is 7. The van der Waals surface area contributed by atoms with Crippen LogP contribution < -0.4 is 0 Å². The van der Waals surface area contributed by atoms with E-state index in [1.165, 1.54) is 11.1 Å². The van der Waals surface area contributed by atoms with Gasteiger partial charge in [-0.25, -0.2) is 0 Å². The standard InChI is InChI=1S/C18H29N7O2/c26-17(13-25-20-14-19-21-25)22-10-5-16(6-11-22)24-9-3-4-15(12-24)18(27)23-7-1-2-8-23/h14-16H,1-13H2/t15-/m1/s1. The van der Waals surface area contributed by atoms with Gasteiger partial charge in [0.1, 0.15) is 6.54 Å². The van der Waals surface area contributed by atoms with E-state index in [2.05, 4.69) is 25.2 Å². The fourth-order valence-corrected chi connectivity index (χ4v) is 4.70.